The molecule has 1 aromatic rings. The average Bonchev–Trinajstić information content (AvgIpc) is 2.97. The van der Waals surface area contributed by atoms with Gasteiger partial charge in [-0.3, -0.25) is 9.59 Å². The number of carboxylic acid groups (broad SMARTS) is 2. The molecule has 1 unspecified atom stereocenters. The van der Waals surface area contributed by atoms with Crippen molar-refractivity contribution in [3.63, 3.8) is 0 Å². The number of carbonyl (C=O) groups excluding carboxylic acids is 1. The van der Waals surface area contributed by atoms with Crippen LogP contribution in [0.5, 0.6) is 0 Å². The number of hydrogen-bond donors (Lipinski definition) is 3. The van der Waals surface area contributed by atoms with Crippen molar-refractivity contribution in [2.45, 2.75) is 38.4 Å². The van der Waals surface area contributed by atoms with E-state index in [1.54, 1.807) is 19.6 Å². The number of ether oxygens (including phenoxy) is 1. The first-order valence-corrected chi connectivity index (χ1v) is 9.27. The van der Waals surface area contributed by atoms with Crippen molar-refractivity contribution in [2.24, 2.45) is 0 Å². The summed E-state index contributed by atoms with van der Waals surface area (Å²) in [7, 11) is 5.90. The zero-order valence-corrected chi connectivity index (χ0v) is 17.4. The van der Waals surface area contributed by atoms with E-state index in [1.807, 2.05) is 9.47 Å². The number of hydrogen-bond acceptors (Lipinski definition) is 6. The fraction of sp³-hybridized carbons (Fsp3) is 0.667. The van der Waals surface area contributed by atoms with Gasteiger partial charge in [-0.1, -0.05) is 0 Å². The normalized spacial score (nSPS) is 15.9. The Morgan fingerprint density at radius 3 is 2.55 bits per heavy atom. The summed E-state index contributed by atoms with van der Waals surface area (Å²) in [5, 5.41) is 16.8. The van der Waals surface area contributed by atoms with Crippen LogP contribution in [0.15, 0.2) is 12.5 Å². The number of nitrogens with zero attached hydrogens (tertiary/aromatic N) is 4. The molecule has 1 aliphatic heterocycles. The van der Waals surface area contributed by atoms with Crippen molar-refractivity contribution < 1.29 is 29.3 Å². The fourth-order valence-corrected chi connectivity index (χ4v) is 2.96. The predicted molar refractivity (Wildman–Crippen MR) is 107 cm³/mol. The molecule has 0 radical (unpaired) electrons. The number of amides is 2. The summed E-state index contributed by atoms with van der Waals surface area (Å²) < 4.78 is 7.09. The predicted octanol–water partition coefficient (Wildman–Crippen LogP) is 0.557. The van der Waals surface area contributed by atoms with E-state index in [9.17, 15) is 4.79 Å². The van der Waals surface area contributed by atoms with Gasteiger partial charge in [-0.25, -0.2) is 9.78 Å². The fourth-order valence-electron chi connectivity index (χ4n) is 2.96. The molecule has 1 atom stereocenters. The lowest BCUT2D eigenvalue weighted by Crippen LogP contribution is -2.41. The number of nitrogens with one attached hydrogen (secondary N) is 1. The summed E-state index contributed by atoms with van der Waals surface area (Å²) in [6, 6.07) is 0.590. The number of urea groups is 1. The second-order valence-corrected chi connectivity index (χ2v) is 6.48. The molecule has 11 nitrogen and oxygen atoms in total. The van der Waals surface area contributed by atoms with Crippen molar-refractivity contribution in [1.29, 1.82) is 0 Å². The minimum atomic E-state index is -0.250. The second-order valence-electron chi connectivity index (χ2n) is 6.48. The van der Waals surface area contributed by atoms with Gasteiger partial charge < -0.3 is 34.6 Å². The maximum absolute atomic E-state index is 12.4. The Hall–Kier alpha value is -2.66. The summed E-state index contributed by atoms with van der Waals surface area (Å²) in [6.45, 7) is 3.03. The van der Waals surface area contributed by atoms with E-state index in [-0.39, 0.29) is 19.0 Å². The molecular weight excluding hydrogens is 382 g/mol. The molecule has 0 saturated carbocycles. The summed E-state index contributed by atoms with van der Waals surface area (Å²) in [4.78, 5) is 37.5. The summed E-state index contributed by atoms with van der Waals surface area (Å²) >= 11 is 0. The molecule has 1 fully saturated rings. The second kappa shape index (κ2) is 16.3. The molecule has 0 spiro atoms. The molecule has 3 N–H and O–H groups in total. The molecule has 0 aliphatic carbocycles. The number of imidazole rings is 1. The molecule has 2 rings (SSSR count). The smallest absolute Gasteiger partial charge is 0.317 e. The summed E-state index contributed by atoms with van der Waals surface area (Å²) in [6.07, 6.45) is 6.81. The average molecular weight is 415 g/mol. The Balaban J connectivity index is 0.00000116. The summed E-state index contributed by atoms with van der Waals surface area (Å²) in [5.74, 6) is 0. The van der Waals surface area contributed by atoms with Crippen LogP contribution >= 0.6 is 0 Å². The Morgan fingerprint density at radius 2 is 1.97 bits per heavy atom. The van der Waals surface area contributed by atoms with Gasteiger partial charge in [0.25, 0.3) is 12.9 Å². The zero-order chi connectivity index (χ0) is 22.1. The van der Waals surface area contributed by atoms with Crippen LogP contribution < -0.4 is 5.32 Å². The lowest BCUT2D eigenvalue weighted by atomic mass is 10.1. The molecular formula is C18H33N5O6. The highest BCUT2D eigenvalue weighted by Gasteiger charge is 2.21. The minimum Gasteiger partial charge on any atom is -0.483 e. The highest BCUT2D eigenvalue weighted by molar-refractivity contribution is 5.74. The van der Waals surface area contributed by atoms with Gasteiger partial charge in [-0.15, -0.1) is 0 Å². The molecule has 166 valence electrons. The Labute approximate surface area is 171 Å². The van der Waals surface area contributed by atoms with Crippen LogP contribution in [-0.2, 0) is 27.4 Å². The van der Waals surface area contributed by atoms with Crippen LogP contribution in [0, 0.1) is 0 Å². The number of carbonyl (C=O) groups is 3. The minimum absolute atomic E-state index is 0.0175. The third-order valence-electron chi connectivity index (χ3n) is 4.47. The largest absolute Gasteiger partial charge is 0.483 e. The first kappa shape index (κ1) is 26.3. The molecule has 0 bridgehead atoms. The van der Waals surface area contributed by atoms with E-state index in [0.717, 1.165) is 44.6 Å². The van der Waals surface area contributed by atoms with Crippen LogP contribution in [0.3, 0.4) is 0 Å². The molecule has 29 heavy (non-hydrogen) atoms. The Kier molecular flexibility index (Phi) is 14.8. The molecule has 2 heterocycles. The van der Waals surface area contributed by atoms with Crippen LogP contribution in [0.2, 0.25) is 0 Å². The molecule has 1 saturated heterocycles. The molecule has 11 heteroatoms. The topological polar surface area (TPSA) is 137 Å². The van der Waals surface area contributed by atoms with Crippen molar-refractivity contribution in [3.8, 4) is 0 Å². The third-order valence-corrected chi connectivity index (χ3v) is 4.47. The van der Waals surface area contributed by atoms with Gasteiger partial charge in [-0.05, 0) is 33.4 Å². The number of aromatic nitrogens is 2. The highest BCUT2D eigenvalue weighted by atomic mass is 16.5. The molecule has 1 aromatic heterocycles. The van der Waals surface area contributed by atoms with E-state index in [2.05, 4.69) is 29.3 Å². The van der Waals surface area contributed by atoms with Gasteiger partial charge in [0, 0.05) is 39.0 Å². The van der Waals surface area contributed by atoms with Gasteiger partial charge in [0.05, 0.1) is 25.2 Å². The number of likely N-dealkylation sites (tertiary alicyclic amines) is 1. The Morgan fingerprint density at radius 1 is 1.31 bits per heavy atom. The van der Waals surface area contributed by atoms with Crippen LogP contribution in [0.4, 0.5) is 4.79 Å². The van der Waals surface area contributed by atoms with Crippen LogP contribution in [-0.4, -0.2) is 95.5 Å². The zero-order valence-electron chi connectivity index (χ0n) is 17.4. The number of methoxy groups -OCH3 is 1. The van der Waals surface area contributed by atoms with Gasteiger partial charge in [0.2, 0.25) is 0 Å². The van der Waals surface area contributed by atoms with Crippen molar-refractivity contribution in [3.05, 3.63) is 18.2 Å². The quantitative estimate of drug-likeness (QED) is 0.573. The maximum atomic E-state index is 12.4. The Bertz CT molecular complexity index is 575. The lowest BCUT2D eigenvalue weighted by molar-refractivity contribution is -0.123. The van der Waals surface area contributed by atoms with Crippen molar-refractivity contribution >= 4 is 19.0 Å². The summed E-state index contributed by atoms with van der Waals surface area (Å²) in [5.41, 5.74) is 0.997. The highest BCUT2D eigenvalue weighted by Crippen LogP contribution is 2.14. The van der Waals surface area contributed by atoms with Crippen LogP contribution in [0.1, 0.15) is 25.0 Å². The SMILES string of the molecule is COCCn1cncc1CNC(=O)N1CCCC(N(C)C)CC1.O=CO.O=CO. The van der Waals surface area contributed by atoms with E-state index >= 15 is 0 Å². The molecule has 1 aliphatic rings. The third kappa shape index (κ3) is 11.1. The van der Waals surface area contributed by atoms with Crippen molar-refractivity contribution in [2.75, 3.05) is 40.9 Å². The molecule has 0 aromatic carbocycles. The van der Waals surface area contributed by atoms with E-state index in [0.29, 0.717) is 19.2 Å². The van der Waals surface area contributed by atoms with Crippen molar-refractivity contribution in [1.82, 2.24) is 24.7 Å². The maximum Gasteiger partial charge on any atom is 0.317 e. The first-order chi connectivity index (χ1) is 13.9. The van der Waals surface area contributed by atoms with E-state index in [4.69, 9.17) is 24.5 Å². The van der Waals surface area contributed by atoms with Gasteiger partial charge in [0.1, 0.15) is 0 Å². The van der Waals surface area contributed by atoms with Gasteiger partial charge in [0.15, 0.2) is 0 Å². The van der Waals surface area contributed by atoms with E-state index < -0.39 is 0 Å². The lowest BCUT2D eigenvalue weighted by Gasteiger charge is -2.23. The standard InChI is InChI=1S/C16H29N5O2.2CH2O2/c1-19(2)14-5-4-7-20(8-6-14)16(22)18-12-15-11-17-13-21(15)9-10-23-3;2*2-1-3/h11,13-14H,4-10,12H2,1-3H3,(H,18,22);2*1H,(H,2,3). The first-order valence-electron chi connectivity index (χ1n) is 9.27. The van der Waals surface area contributed by atoms with Gasteiger partial charge in [-0.2, -0.15) is 0 Å². The van der Waals surface area contributed by atoms with E-state index in [1.165, 1.54) is 0 Å². The van der Waals surface area contributed by atoms with Crippen LogP contribution in [0.25, 0.3) is 0 Å². The molecule has 2 amide bonds. The number of rotatable bonds is 6. The van der Waals surface area contributed by atoms with Gasteiger partial charge >= 0.3 is 6.03 Å². The monoisotopic (exact) mass is 415 g/mol.